The lowest BCUT2D eigenvalue weighted by Crippen LogP contribution is -2.49. The van der Waals surface area contributed by atoms with E-state index in [0.717, 1.165) is 11.3 Å². The van der Waals surface area contributed by atoms with Gasteiger partial charge in [0.05, 0.1) is 5.69 Å². The number of halogens is 1. The zero-order chi connectivity index (χ0) is 16.9. The van der Waals surface area contributed by atoms with Crippen molar-refractivity contribution >= 4 is 17.3 Å². The molecule has 3 rings (SSSR count). The van der Waals surface area contributed by atoms with Gasteiger partial charge < -0.3 is 15.5 Å². The van der Waals surface area contributed by atoms with Gasteiger partial charge in [0.25, 0.3) is 0 Å². The highest BCUT2D eigenvalue weighted by molar-refractivity contribution is 5.76. The normalized spacial score (nSPS) is 14.7. The Hall–Kier alpha value is -2.56. The van der Waals surface area contributed by atoms with Gasteiger partial charge in [-0.15, -0.1) is 0 Å². The Morgan fingerprint density at radius 3 is 2.33 bits per heavy atom. The van der Waals surface area contributed by atoms with E-state index in [1.807, 2.05) is 40.1 Å². The monoisotopic (exact) mass is 327 g/mol. The van der Waals surface area contributed by atoms with Gasteiger partial charge in [-0.3, -0.25) is 4.79 Å². The van der Waals surface area contributed by atoms with Crippen LogP contribution in [0.1, 0.15) is 12.0 Å². The van der Waals surface area contributed by atoms with Gasteiger partial charge in [-0.1, -0.05) is 24.3 Å². The van der Waals surface area contributed by atoms with Crippen molar-refractivity contribution in [2.45, 2.75) is 12.8 Å². The van der Waals surface area contributed by atoms with Crippen LogP contribution in [0.2, 0.25) is 0 Å². The topological polar surface area (TPSA) is 49.6 Å². The number of nitrogens with zero attached hydrogens (tertiary/aromatic N) is 2. The number of nitrogen functional groups attached to an aromatic ring is 1. The SMILES string of the molecule is Nc1ccc(CCC(=O)N2CCN(c3ccccc3F)CC2)cc1. The first-order valence-corrected chi connectivity index (χ1v) is 8.25. The molecule has 2 aromatic carbocycles. The average Bonchev–Trinajstić information content (AvgIpc) is 2.61. The lowest BCUT2D eigenvalue weighted by molar-refractivity contribution is -0.131. The molecule has 1 heterocycles. The van der Waals surface area contributed by atoms with E-state index >= 15 is 0 Å². The van der Waals surface area contributed by atoms with Crippen molar-refractivity contribution in [2.24, 2.45) is 0 Å². The maximum Gasteiger partial charge on any atom is 0.223 e. The number of hydrogen-bond donors (Lipinski definition) is 1. The van der Waals surface area contributed by atoms with Crippen molar-refractivity contribution in [1.82, 2.24) is 4.90 Å². The summed E-state index contributed by atoms with van der Waals surface area (Å²) < 4.78 is 13.8. The van der Waals surface area contributed by atoms with E-state index in [0.29, 0.717) is 44.7 Å². The molecule has 1 aliphatic rings. The van der Waals surface area contributed by atoms with Crippen molar-refractivity contribution in [1.29, 1.82) is 0 Å². The summed E-state index contributed by atoms with van der Waals surface area (Å²) in [6.07, 6.45) is 1.20. The Morgan fingerprint density at radius 2 is 1.67 bits per heavy atom. The summed E-state index contributed by atoms with van der Waals surface area (Å²) in [5, 5.41) is 0. The molecule has 0 aromatic heterocycles. The molecule has 1 amide bonds. The fourth-order valence-corrected chi connectivity index (χ4v) is 3.00. The first-order valence-electron chi connectivity index (χ1n) is 8.25. The van der Waals surface area contributed by atoms with Crippen LogP contribution in [0.3, 0.4) is 0 Å². The second-order valence-electron chi connectivity index (χ2n) is 6.06. The highest BCUT2D eigenvalue weighted by Crippen LogP contribution is 2.20. The molecule has 0 bridgehead atoms. The van der Waals surface area contributed by atoms with Crippen LogP contribution in [0, 0.1) is 5.82 Å². The van der Waals surface area contributed by atoms with Crippen molar-refractivity contribution in [3.63, 3.8) is 0 Å². The second kappa shape index (κ2) is 7.34. The van der Waals surface area contributed by atoms with Crippen molar-refractivity contribution in [3.8, 4) is 0 Å². The van der Waals surface area contributed by atoms with Crippen LogP contribution in [0.15, 0.2) is 48.5 Å². The molecule has 2 N–H and O–H groups in total. The third kappa shape index (κ3) is 3.85. The van der Waals surface area contributed by atoms with Gasteiger partial charge in [0.15, 0.2) is 0 Å². The molecule has 126 valence electrons. The second-order valence-corrected chi connectivity index (χ2v) is 6.06. The lowest BCUT2D eigenvalue weighted by atomic mass is 10.1. The van der Waals surface area contributed by atoms with Gasteiger partial charge in [0, 0.05) is 38.3 Å². The summed E-state index contributed by atoms with van der Waals surface area (Å²) in [6.45, 7) is 2.59. The molecule has 0 aliphatic carbocycles. The van der Waals surface area contributed by atoms with Gasteiger partial charge >= 0.3 is 0 Å². The molecule has 2 aromatic rings. The largest absolute Gasteiger partial charge is 0.399 e. The number of carbonyl (C=O) groups is 1. The number of benzene rings is 2. The van der Waals surface area contributed by atoms with E-state index in [1.165, 1.54) is 6.07 Å². The van der Waals surface area contributed by atoms with Gasteiger partial charge in [-0.2, -0.15) is 0 Å². The Labute approximate surface area is 141 Å². The molecular weight excluding hydrogens is 305 g/mol. The molecule has 0 radical (unpaired) electrons. The summed E-state index contributed by atoms with van der Waals surface area (Å²) in [4.78, 5) is 16.2. The number of para-hydroxylation sites is 1. The van der Waals surface area contributed by atoms with Crippen LogP contribution < -0.4 is 10.6 Å². The smallest absolute Gasteiger partial charge is 0.223 e. The van der Waals surface area contributed by atoms with E-state index in [-0.39, 0.29) is 11.7 Å². The van der Waals surface area contributed by atoms with Crippen molar-refractivity contribution < 1.29 is 9.18 Å². The predicted molar refractivity (Wildman–Crippen MR) is 94.4 cm³/mol. The molecule has 0 saturated carbocycles. The summed E-state index contributed by atoms with van der Waals surface area (Å²) >= 11 is 0. The average molecular weight is 327 g/mol. The van der Waals surface area contributed by atoms with Crippen molar-refractivity contribution in [3.05, 3.63) is 59.9 Å². The summed E-state index contributed by atoms with van der Waals surface area (Å²) in [7, 11) is 0. The number of carbonyl (C=O) groups excluding carboxylic acids is 1. The molecule has 0 unspecified atom stereocenters. The summed E-state index contributed by atoms with van der Waals surface area (Å²) in [5.41, 5.74) is 8.13. The first-order chi connectivity index (χ1) is 11.6. The zero-order valence-electron chi connectivity index (χ0n) is 13.6. The number of nitrogens with two attached hydrogens (primary N) is 1. The summed E-state index contributed by atoms with van der Waals surface area (Å²) in [5.74, 6) is -0.0550. The van der Waals surface area contributed by atoms with E-state index < -0.39 is 0 Å². The van der Waals surface area contributed by atoms with Crippen LogP contribution >= 0.6 is 0 Å². The minimum atomic E-state index is -0.208. The van der Waals surface area contributed by atoms with Crippen LogP contribution in [-0.4, -0.2) is 37.0 Å². The molecule has 1 aliphatic heterocycles. The highest BCUT2D eigenvalue weighted by Gasteiger charge is 2.22. The van der Waals surface area contributed by atoms with Crippen molar-refractivity contribution in [2.75, 3.05) is 36.8 Å². The number of piperazine rings is 1. The Bertz CT molecular complexity index is 694. The molecule has 0 atom stereocenters. The maximum absolute atomic E-state index is 13.8. The fourth-order valence-electron chi connectivity index (χ4n) is 3.00. The molecule has 24 heavy (non-hydrogen) atoms. The fraction of sp³-hybridized carbons (Fsp3) is 0.316. The highest BCUT2D eigenvalue weighted by atomic mass is 19.1. The van der Waals surface area contributed by atoms with E-state index in [9.17, 15) is 9.18 Å². The van der Waals surface area contributed by atoms with Gasteiger partial charge in [-0.05, 0) is 36.2 Å². The molecule has 5 heteroatoms. The van der Waals surface area contributed by atoms with Crippen LogP contribution in [0.25, 0.3) is 0 Å². The Balaban J connectivity index is 1.50. The van der Waals surface area contributed by atoms with Crippen LogP contribution in [0.5, 0.6) is 0 Å². The van der Waals surface area contributed by atoms with Gasteiger partial charge in [0.1, 0.15) is 5.82 Å². The molecule has 1 saturated heterocycles. The van der Waals surface area contributed by atoms with Crippen LogP contribution in [0.4, 0.5) is 15.8 Å². The summed E-state index contributed by atoms with van der Waals surface area (Å²) in [6, 6.07) is 14.4. The van der Waals surface area contributed by atoms with Gasteiger partial charge in [0.2, 0.25) is 5.91 Å². The Kier molecular flexibility index (Phi) is 4.99. The number of amides is 1. The van der Waals surface area contributed by atoms with Gasteiger partial charge in [-0.25, -0.2) is 4.39 Å². The molecular formula is C19H22FN3O. The minimum absolute atomic E-state index is 0.153. The minimum Gasteiger partial charge on any atom is -0.399 e. The number of aryl methyl sites for hydroxylation is 1. The predicted octanol–water partition coefficient (Wildman–Crippen LogP) is 2.69. The lowest BCUT2D eigenvalue weighted by Gasteiger charge is -2.36. The zero-order valence-corrected chi connectivity index (χ0v) is 13.6. The quantitative estimate of drug-likeness (QED) is 0.879. The van der Waals surface area contributed by atoms with Crippen LogP contribution in [-0.2, 0) is 11.2 Å². The standard InChI is InChI=1S/C19H22FN3O/c20-17-3-1-2-4-18(17)22-11-13-23(14-12-22)19(24)10-7-15-5-8-16(21)9-6-15/h1-6,8-9H,7,10-14,21H2. The maximum atomic E-state index is 13.8. The number of hydrogen-bond acceptors (Lipinski definition) is 3. The number of rotatable bonds is 4. The van der Waals surface area contributed by atoms with E-state index in [1.54, 1.807) is 12.1 Å². The third-order valence-corrected chi connectivity index (χ3v) is 4.43. The third-order valence-electron chi connectivity index (χ3n) is 4.43. The first kappa shape index (κ1) is 16.3. The Morgan fingerprint density at radius 1 is 1.00 bits per heavy atom. The van der Waals surface area contributed by atoms with E-state index in [2.05, 4.69) is 0 Å². The van der Waals surface area contributed by atoms with E-state index in [4.69, 9.17) is 5.73 Å². The number of anilines is 2. The molecule has 1 fully saturated rings. The molecule has 0 spiro atoms. The molecule has 4 nitrogen and oxygen atoms in total.